The molecule has 0 aliphatic heterocycles. The lowest BCUT2D eigenvalue weighted by atomic mass is 9.95. The Morgan fingerprint density at radius 1 is 0.537 bits per heavy atom. The summed E-state index contributed by atoms with van der Waals surface area (Å²) in [6.07, 6.45) is 6.50. The summed E-state index contributed by atoms with van der Waals surface area (Å²) >= 11 is 0. The van der Waals surface area contributed by atoms with Gasteiger partial charge in [-0.3, -0.25) is 0 Å². The van der Waals surface area contributed by atoms with Crippen LogP contribution in [0.15, 0.2) is 146 Å². The van der Waals surface area contributed by atoms with Gasteiger partial charge in [0.2, 0.25) is 0 Å². The van der Waals surface area contributed by atoms with Crippen LogP contribution in [-0.4, -0.2) is 9.13 Å². The average Bonchev–Trinajstić information content (AvgIpc) is 3.62. The van der Waals surface area contributed by atoms with Gasteiger partial charge in [0.25, 0.3) is 0 Å². The summed E-state index contributed by atoms with van der Waals surface area (Å²) in [5, 5.41) is 6.30. The number of hydrogen-bond donors (Lipinski definition) is 0. The van der Waals surface area contributed by atoms with Crippen molar-refractivity contribution in [2.45, 2.75) is 6.92 Å². The zero-order chi connectivity index (χ0) is 27.3. The third kappa shape index (κ3) is 3.65. The average molecular weight is 525 g/mol. The van der Waals surface area contributed by atoms with E-state index in [2.05, 4.69) is 168 Å². The number of rotatable bonds is 4. The molecule has 0 atom stereocenters. The number of fused-ring (bicyclic) bond motifs is 6. The molecule has 0 aliphatic carbocycles. The predicted octanol–water partition coefficient (Wildman–Crippen LogP) is 10.6. The van der Waals surface area contributed by atoms with Gasteiger partial charge in [-0.2, -0.15) is 0 Å². The first kappa shape index (κ1) is 23.5. The van der Waals surface area contributed by atoms with Crippen molar-refractivity contribution in [2.75, 3.05) is 0 Å². The zero-order valence-corrected chi connectivity index (χ0v) is 22.8. The minimum atomic E-state index is 1.16. The van der Waals surface area contributed by atoms with Crippen LogP contribution in [-0.2, 0) is 0 Å². The maximum absolute atomic E-state index is 2.45. The number of aromatic nitrogens is 2. The lowest BCUT2D eigenvalue weighted by Crippen LogP contribution is -1.96. The van der Waals surface area contributed by atoms with Gasteiger partial charge in [0.05, 0.1) is 16.6 Å². The monoisotopic (exact) mass is 524 g/mol. The highest BCUT2D eigenvalue weighted by Gasteiger charge is 2.19. The molecule has 8 rings (SSSR count). The highest BCUT2D eigenvalue weighted by Crippen LogP contribution is 2.42. The Balaban J connectivity index is 1.41. The second-order valence-electron chi connectivity index (χ2n) is 10.6. The van der Waals surface area contributed by atoms with Gasteiger partial charge >= 0.3 is 0 Å². The number of allylic oxidation sites excluding steroid dienone is 1. The molecule has 0 spiro atoms. The maximum Gasteiger partial charge on any atom is 0.0620 e. The van der Waals surface area contributed by atoms with Crippen LogP contribution in [0.25, 0.3) is 72.1 Å². The smallest absolute Gasteiger partial charge is 0.0620 e. The van der Waals surface area contributed by atoms with E-state index in [4.69, 9.17) is 0 Å². The van der Waals surface area contributed by atoms with E-state index in [-0.39, 0.29) is 0 Å². The van der Waals surface area contributed by atoms with Crippen LogP contribution in [0.4, 0.5) is 0 Å². The molecule has 6 aromatic carbocycles. The lowest BCUT2D eigenvalue weighted by Gasteiger charge is -2.14. The van der Waals surface area contributed by atoms with Gasteiger partial charge in [0.1, 0.15) is 0 Å². The van der Waals surface area contributed by atoms with Crippen molar-refractivity contribution >= 4 is 49.6 Å². The quantitative estimate of drug-likeness (QED) is 0.217. The van der Waals surface area contributed by atoms with Crippen molar-refractivity contribution in [3.63, 3.8) is 0 Å². The van der Waals surface area contributed by atoms with Gasteiger partial charge in [-0.15, -0.1) is 0 Å². The molecule has 8 aromatic rings. The second kappa shape index (κ2) is 9.39. The van der Waals surface area contributed by atoms with E-state index >= 15 is 0 Å². The van der Waals surface area contributed by atoms with Gasteiger partial charge in [-0.05, 0) is 76.9 Å². The molecule has 0 radical (unpaired) electrons. The molecule has 2 heterocycles. The molecule has 2 aromatic heterocycles. The topological polar surface area (TPSA) is 9.86 Å². The molecule has 41 heavy (non-hydrogen) atoms. The van der Waals surface area contributed by atoms with Crippen LogP contribution in [0.1, 0.15) is 12.5 Å². The largest absolute Gasteiger partial charge is 0.317 e. The highest BCUT2D eigenvalue weighted by molar-refractivity contribution is 6.23. The maximum atomic E-state index is 2.45. The first-order valence-electron chi connectivity index (χ1n) is 14.2. The SMILES string of the molecule is C/C=C/c1cccc2c3cc(-c4ccc(-n5ccc6ccccc65)cc4)c4ccccc4c3n(-c3ccccc3)c12. The standard InChI is InChI=1S/C39H28N2/c1-2-11-29-13-10-18-34-36-26-35(27-20-22-30(23-21-27)40-25-24-28-12-6-9-19-37(28)40)32-16-7-8-17-33(32)39(36)41(38(29)34)31-14-4-3-5-15-31/h2-26H,1H3/b11-2+. The van der Waals surface area contributed by atoms with E-state index in [1.807, 2.05) is 0 Å². The van der Waals surface area contributed by atoms with Crippen molar-refractivity contribution in [3.8, 4) is 22.5 Å². The van der Waals surface area contributed by atoms with E-state index in [1.165, 1.54) is 65.9 Å². The Morgan fingerprint density at radius 2 is 1.24 bits per heavy atom. The molecule has 0 amide bonds. The summed E-state index contributed by atoms with van der Waals surface area (Å²) in [7, 11) is 0. The summed E-state index contributed by atoms with van der Waals surface area (Å²) < 4.78 is 4.71. The molecule has 0 unspecified atom stereocenters. The van der Waals surface area contributed by atoms with Crippen molar-refractivity contribution in [2.24, 2.45) is 0 Å². The summed E-state index contributed by atoms with van der Waals surface area (Å²) in [5.74, 6) is 0. The Kier molecular flexibility index (Phi) is 5.39. The molecule has 0 saturated carbocycles. The fourth-order valence-electron chi connectivity index (χ4n) is 6.44. The second-order valence-corrected chi connectivity index (χ2v) is 10.6. The summed E-state index contributed by atoms with van der Waals surface area (Å²) in [6, 6.07) is 48.3. The van der Waals surface area contributed by atoms with E-state index in [1.54, 1.807) is 0 Å². The third-order valence-corrected chi connectivity index (χ3v) is 8.24. The van der Waals surface area contributed by atoms with Crippen molar-refractivity contribution in [1.82, 2.24) is 9.13 Å². The first-order valence-corrected chi connectivity index (χ1v) is 14.2. The minimum Gasteiger partial charge on any atom is -0.317 e. The van der Waals surface area contributed by atoms with E-state index in [0.717, 1.165) is 5.69 Å². The lowest BCUT2D eigenvalue weighted by molar-refractivity contribution is 1.13. The molecule has 2 heteroatoms. The fourth-order valence-corrected chi connectivity index (χ4v) is 6.44. The van der Waals surface area contributed by atoms with Crippen molar-refractivity contribution in [1.29, 1.82) is 0 Å². The van der Waals surface area contributed by atoms with Crippen molar-refractivity contribution in [3.05, 3.63) is 151 Å². The van der Waals surface area contributed by atoms with Gasteiger partial charge in [0.15, 0.2) is 0 Å². The molecule has 194 valence electrons. The molecule has 2 nitrogen and oxygen atoms in total. The number of hydrogen-bond acceptors (Lipinski definition) is 0. The predicted molar refractivity (Wildman–Crippen MR) is 175 cm³/mol. The normalized spacial score (nSPS) is 11.9. The van der Waals surface area contributed by atoms with Gasteiger partial charge in [-0.1, -0.05) is 103 Å². The third-order valence-electron chi connectivity index (χ3n) is 8.24. The summed E-state index contributed by atoms with van der Waals surface area (Å²) in [6.45, 7) is 2.09. The van der Waals surface area contributed by atoms with Gasteiger partial charge in [0, 0.05) is 33.7 Å². The highest BCUT2D eigenvalue weighted by atomic mass is 15.0. The Labute approximate surface area is 239 Å². The number of nitrogens with zero attached hydrogens (tertiary/aromatic N) is 2. The van der Waals surface area contributed by atoms with E-state index < -0.39 is 0 Å². The first-order chi connectivity index (χ1) is 20.3. The number of benzene rings is 6. The van der Waals surface area contributed by atoms with Crippen LogP contribution in [0.2, 0.25) is 0 Å². The Bertz CT molecular complexity index is 2240. The van der Waals surface area contributed by atoms with Crippen LogP contribution < -0.4 is 0 Å². The zero-order valence-electron chi connectivity index (χ0n) is 22.8. The molecule has 0 fully saturated rings. The van der Waals surface area contributed by atoms with Crippen LogP contribution in [0.3, 0.4) is 0 Å². The van der Waals surface area contributed by atoms with Crippen LogP contribution >= 0.6 is 0 Å². The van der Waals surface area contributed by atoms with Crippen LogP contribution in [0.5, 0.6) is 0 Å². The molecule has 0 aliphatic rings. The summed E-state index contributed by atoms with van der Waals surface area (Å²) in [4.78, 5) is 0. The van der Waals surface area contributed by atoms with Crippen LogP contribution in [0, 0.1) is 0 Å². The number of para-hydroxylation sites is 3. The van der Waals surface area contributed by atoms with E-state index in [9.17, 15) is 0 Å². The van der Waals surface area contributed by atoms with Gasteiger partial charge < -0.3 is 9.13 Å². The molecule has 0 bridgehead atoms. The Hall–Kier alpha value is -5.34. The fraction of sp³-hybridized carbons (Fsp3) is 0.0256. The minimum absolute atomic E-state index is 1.16. The van der Waals surface area contributed by atoms with E-state index in [0.29, 0.717) is 0 Å². The molecular formula is C39H28N2. The van der Waals surface area contributed by atoms with Gasteiger partial charge in [-0.25, -0.2) is 0 Å². The molecular weight excluding hydrogens is 496 g/mol. The summed E-state index contributed by atoms with van der Waals surface area (Å²) in [5.41, 5.74) is 9.73. The molecule has 0 saturated heterocycles. The molecule has 0 N–H and O–H groups in total. The van der Waals surface area contributed by atoms with Crippen molar-refractivity contribution < 1.29 is 0 Å². The Morgan fingerprint density at radius 3 is 2.07 bits per heavy atom.